The van der Waals surface area contributed by atoms with Crippen molar-refractivity contribution < 1.29 is 19.1 Å². The predicted octanol–water partition coefficient (Wildman–Crippen LogP) is 2.30. The van der Waals surface area contributed by atoms with E-state index in [-0.39, 0.29) is 24.8 Å². The number of hydrogen-bond acceptors (Lipinski definition) is 6. The number of carbonyl (C=O) groups excluding carboxylic acids is 3. The summed E-state index contributed by atoms with van der Waals surface area (Å²) in [6, 6.07) is 10.6. The summed E-state index contributed by atoms with van der Waals surface area (Å²) in [5.74, 6) is -1.10. The zero-order valence-electron chi connectivity index (χ0n) is 17.6. The van der Waals surface area contributed by atoms with E-state index in [1.54, 1.807) is 18.7 Å². The van der Waals surface area contributed by atoms with Crippen LogP contribution in [-0.2, 0) is 9.53 Å². The summed E-state index contributed by atoms with van der Waals surface area (Å²) in [4.78, 5) is 44.8. The summed E-state index contributed by atoms with van der Waals surface area (Å²) >= 11 is 6.05. The maximum absolute atomic E-state index is 12.5. The number of pyridine rings is 1. The minimum absolute atomic E-state index is 0.115. The van der Waals surface area contributed by atoms with Crippen LogP contribution in [0.1, 0.15) is 33.5 Å². The van der Waals surface area contributed by atoms with Gasteiger partial charge in [-0.2, -0.15) is 0 Å². The van der Waals surface area contributed by atoms with Crippen molar-refractivity contribution in [2.24, 2.45) is 0 Å². The monoisotopic (exact) mass is 444 g/mol. The zero-order chi connectivity index (χ0) is 22.4. The molecule has 2 amide bonds. The Bertz CT molecular complexity index is 974. The second-order valence-electron chi connectivity index (χ2n) is 7.08. The van der Waals surface area contributed by atoms with Gasteiger partial charge in [0.05, 0.1) is 24.4 Å². The van der Waals surface area contributed by atoms with Gasteiger partial charge < -0.3 is 19.9 Å². The highest BCUT2D eigenvalue weighted by atomic mass is 35.5. The van der Waals surface area contributed by atoms with Crippen LogP contribution in [0.25, 0.3) is 0 Å². The van der Waals surface area contributed by atoms with Gasteiger partial charge in [0.2, 0.25) is 5.91 Å². The summed E-state index contributed by atoms with van der Waals surface area (Å²) < 4.78 is 4.96. The number of amides is 2. The minimum atomic E-state index is -0.480. The highest BCUT2D eigenvalue weighted by molar-refractivity contribution is 6.30. The van der Waals surface area contributed by atoms with Crippen LogP contribution in [-0.4, -0.2) is 67.0 Å². The van der Waals surface area contributed by atoms with E-state index in [0.29, 0.717) is 42.5 Å². The van der Waals surface area contributed by atoms with E-state index in [2.05, 4.69) is 15.2 Å². The van der Waals surface area contributed by atoms with Crippen molar-refractivity contribution in [1.82, 2.24) is 15.2 Å². The molecule has 1 aliphatic rings. The minimum Gasteiger partial charge on any atom is -0.462 e. The van der Waals surface area contributed by atoms with Crippen LogP contribution in [0.3, 0.4) is 0 Å². The smallest absolute Gasteiger partial charge is 0.339 e. The van der Waals surface area contributed by atoms with Crippen molar-refractivity contribution in [3.63, 3.8) is 0 Å². The molecular formula is C22H25ClN4O4. The van der Waals surface area contributed by atoms with Gasteiger partial charge in [0.25, 0.3) is 5.91 Å². The van der Waals surface area contributed by atoms with Crippen molar-refractivity contribution >= 4 is 35.1 Å². The van der Waals surface area contributed by atoms with E-state index in [9.17, 15) is 14.4 Å². The standard InChI is InChI=1S/C22H25ClN4O4/c1-3-31-22(30)18-7-8-19(25-15(18)2)21(29)24-14-20(28)27-11-9-26(10-12-27)17-6-4-5-16(23)13-17/h4-8,13H,3,9-12,14H2,1-2H3,(H,24,29). The Morgan fingerprint density at radius 2 is 1.87 bits per heavy atom. The topological polar surface area (TPSA) is 91.8 Å². The van der Waals surface area contributed by atoms with Gasteiger partial charge in [0.1, 0.15) is 5.69 Å². The number of piperazine rings is 1. The molecule has 1 N–H and O–H groups in total. The molecule has 164 valence electrons. The van der Waals surface area contributed by atoms with E-state index in [1.165, 1.54) is 12.1 Å². The first kappa shape index (κ1) is 22.6. The number of aromatic nitrogens is 1. The van der Waals surface area contributed by atoms with Gasteiger partial charge in [-0.3, -0.25) is 9.59 Å². The molecule has 0 unspecified atom stereocenters. The SMILES string of the molecule is CCOC(=O)c1ccc(C(=O)NCC(=O)N2CCN(c3cccc(Cl)c3)CC2)nc1C. The molecule has 9 heteroatoms. The van der Waals surface area contributed by atoms with Crippen LogP contribution in [0.5, 0.6) is 0 Å². The van der Waals surface area contributed by atoms with E-state index in [0.717, 1.165) is 5.69 Å². The second kappa shape index (κ2) is 10.3. The van der Waals surface area contributed by atoms with Crippen LogP contribution in [0.15, 0.2) is 36.4 Å². The summed E-state index contributed by atoms with van der Waals surface area (Å²) in [5, 5.41) is 3.29. The maximum atomic E-state index is 12.5. The lowest BCUT2D eigenvalue weighted by Crippen LogP contribution is -2.51. The highest BCUT2D eigenvalue weighted by Gasteiger charge is 2.22. The first-order valence-electron chi connectivity index (χ1n) is 10.1. The first-order valence-corrected chi connectivity index (χ1v) is 10.5. The number of nitrogens with one attached hydrogen (secondary N) is 1. The van der Waals surface area contributed by atoms with Gasteiger partial charge in [-0.05, 0) is 44.2 Å². The van der Waals surface area contributed by atoms with Crippen LogP contribution < -0.4 is 10.2 Å². The number of nitrogens with zero attached hydrogens (tertiary/aromatic N) is 3. The summed E-state index contributed by atoms with van der Waals surface area (Å²) in [6.45, 7) is 6.00. The number of benzene rings is 1. The van der Waals surface area contributed by atoms with Crippen LogP contribution in [0.4, 0.5) is 5.69 Å². The molecule has 2 aromatic rings. The Hall–Kier alpha value is -3.13. The molecule has 31 heavy (non-hydrogen) atoms. The number of esters is 1. The van der Waals surface area contributed by atoms with E-state index >= 15 is 0 Å². The molecule has 8 nitrogen and oxygen atoms in total. The number of rotatable bonds is 6. The normalized spacial score (nSPS) is 13.6. The highest BCUT2D eigenvalue weighted by Crippen LogP contribution is 2.20. The number of carbonyl (C=O) groups is 3. The lowest BCUT2D eigenvalue weighted by molar-refractivity contribution is -0.130. The largest absolute Gasteiger partial charge is 0.462 e. The molecule has 1 aliphatic heterocycles. The third-order valence-electron chi connectivity index (χ3n) is 5.02. The molecule has 0 radical (unpaired) electrons. The third kappa shape index (κ3) is 5.73. The van der Waals surface area contributed by atoms with Crippen LogP contribution >= 0.6 is 11.6 Å². The Kier molecular flexibility index (Phi) is 7.46. The fourth-order valence-corrected chi connectivity index (χ4v) is 3.54. The van der Waals surface area contributed by atoms with Gasteiger partial charge in [-0.25, -0.2) is 9.78 Å². The third-order valence-corrected chi connectivity index (χ3v) is 5.25. The molecule has 3 rings (SSSR count). The molecule has 1 fully saturated rings. The fourth-order valence-electron chi connectivity index (χ4n) is 3.36. The molecule has 2 heterocycles. The number of ether oxygens (including phenoxy) is 1. The summed E-state index contributed by atoms with van der Waals surface area (Å²) in [5.41, 5.74) is 1.88. The van der Waals surface area contributed by atoms with Crippen molar-refractivity contribution in [3.05, 3.63) is 58.4 Å². The molecule has 1 aromatic carbocycles. The molecule has 1 aromatic heterocycles. The summed E-state index contributed by atoms with van der Waals surface area (Å²) in [6.07, 6.45) is 0. The maximum Gasteiger partial charge on any atom is 0.339 e. The number of hydrogen-bond donors (Lipinski definition) is 1. The average molecular weight is 445 g/mol. The predicted molar refractivity (Wildman–Crippen MR) is 118 cm³/mol. The molecule has 0 aliphatic carbocycles. The fraction of sp³-hybridized carbons (Fsp3) is 0.364. The van der Waals surface area contributed by atoms with Crippen molar-refractivity contribution in [2.45, 2.75) is 13.8 Å². The van der Waals surface area contributed by atoms with Crippen molar-refractivity contribution in [2.75, 3.05) is 44.2 Å². The van der Waals surface area contributed by atoms with Gasteiger partial charge in [-0.1, -0.05) is 17.7 Å². The zero-order valence-corrected chi connectivity index (χ0v) is 18.3. The Balaban J connectivity index is 1.50. The first-order chi connectivity index (χ1) is 14.9. The number of aryl methyl sites for hydroxylation is 1. The Labute approximate surface area is 186 Å². The van der Waals surface area contributed by atoms with Gasteiger partial charge in [0, 0.05) is 36.9 Å². The van der Waals surface area contributed by atoms with Gasteiger partial charge >= 0.3 is 5.97 Å². The van der Waals surface area contributed by atoms with E-state index < -0.39 is 11.9 Å². The lowest BCUT2D eigenvalue weighted by atomic mass is 10.2. The second-order valence-corrected chi connectivity index (χ2v) is 7.52. The molecule has 0 atom stereocenters. The number of halogens is 1. The number of anilines is 1. The molecule has 0 bridgehead atoms. The van der Waals surface area contributed by atoms with E-state index in [1.807, 2.05) is 24.3 Å². The van der Waals surface area contributed by atoms with Crippen LogP contribution in [0, 0.1) is 6.92 Å². The van der Waals surface area contributed by atoms with E-state index in [4.69, 9.17) is 16.3 Å². The Morgan fingerprint density at radius 1 is 1.13 bits per heavy atom. The van der Waals surface area contributed by atoms with Gasteiger partial charge in [0.15, 0.2) is 0 Å². The quantitative estimate of drug-likeness (QED) is 0.687. The molecular weight excluding hydrogens is 420 g/mol. The Morgan fingerprint density at radius 3 is 2.52 bits per heavy atom. The van der Waals surface area contributed by atoms with Crippen LogP contribution in [0.2, 0.25) is 5.02 Å². The lowest BCUT2D eigenvalue weighted by Gasteiger charge is -2.36. The average Bonchev–Trinajstić information content (AvgIpc) is 2.77. The molecule has 0 spiro atoms. The molecule has 1 saturated heterocycles. The molecule has 0 saturated carbocycles. The van der Waals surface area contributed by atoms with Crippen molar-refractivity contribution in [3.8, 4) is 0 Å². The summed E-state index contributed by atoms with van der Waals surface area (Å²) in [7, 11) is 0. The van der Waals surface area contributed by atoms with Gasteiger partial charge in [-0.15, -0.1) is 0 Å². The van der Waals surface area contributed by atoms with Crippen molar-refractivity contribution in [1.29, 1.82) is 0 Å².